The number of ether oxygens (including phenoxy) is 1. The molecule has 1 unspecified atom stereocenters. The van der Waals surface area contributed by atoms with E-state index in [1.807, 2.05) is 48.5 Å². The van der Waals surface area contributed by atoms with Crippen LogP contribution in [0, 0.1) is 0 Å². The number of rotatable bonds is 7. The molecule has 0 spiro atoms. The molecule has 1 aliphatic carbocycles. The molecule has 1 saturated heterocycles. The van der Waals surface area contributed by atoms with Gasteiger partial charge in [0.15, 0.2) is 9.84 Å². The SMILES string of the molecule is O=C(O)CC1CN(C(=O)CCNC(=O)OCC2c3ccccc3-c3ccccc32)CCS1(=O)=O. The molecular formula is C24H26N2O7S. The first kappa shape index (κ1) is 23.7. The minimum Gasteiger partial charge on any atom is -0.481 e. The van der Waals surface area contributed by atoms with Crippen LogP contribution in [0.5, 0.6) is 0 Å². The summed E-state index contributed by atoms with van der Waals surface area (Å²) in [6, 6.07) is 16.0. The molecule has 1 fully saturated rings. The molecule has 2 amide bonds. The zero-order valence-electron chi connectivity index (χ0n) is 18.5. The summed E-state index contributed by atoms with van der Waals surface area (Å²) in [4.78, 5) is 37.0. The average Bonchev–Trinajstić information content (AvgIpc) is 3.12. The summed E-state index contributed by atoms with van der Waals surface area (Å²) >= 11 is 0. The van der Waals surface area contributed by atoms with E-state index in [9.17, 15) is 22.8 Å². The Morgan fingerprint density at radius 3 is 2.26 bits per heavy atom. The first-order valence-electron chi connectivity index (χ1n) is 11.1. The fraction of sp³-hybridized carbons (Fsp3) is 0.375. The Bertz CT molecular complexity index is 1170. The van der Waals surface area contributed by atoms with Crippen LogP contribution in [0.1, 0.15) is 29.9 Å². The van der Waals surface area contributed by atoms with Gasteiger partial charge in [0, 0.05) is 32.0 Å². The molecule has 180 valence electrons. The number of sulfone groups is 1. The number of hydrogen-bond donors (Lipinski definition) is 2. The number of benzene rings is 2. The number of fused-ring (bicyclic) bond motifs is 3. The number of amides is 2. The van der Waals surface area contributed by atoms with Gasteiger partial charge in [0.25, 0.3) is 0 Å². The molecule has 0 bridgehead atoms. The van der Waals surface area contributed by atoms with Crippen LogP contribution in [0.4, 0.5) is 4.79 Å². The lowest BCUT2D eigenvalue weighted by atomic mass is 9.98. The Balaban J connectivity index is 1.26. The lowest BCUT2D eigenvalue weighted by Crippen LogP contribution is -2.50. The van der Waals surface area contributed by atoms with Crippen molar-refractivity contribution in [1.82, 2.24) is 10.2 Å². The van der Waals surface area contributed by atoms with E-state index < -0.39 is 33.6 Å². The van der Waals surface area contributed by atoms with Gasteiger partial charge in [0.05, 0.1) is 17.4 Å². The maximum atomic E-state index is 12.5. The van der Waals surface area contributed by atoms with Gasteiger partial charge in [0.2, 0.25) is 5.91 Å². The van der Waals surface area contributed by atoms with Crippen molar-refractivity contribution >= 4 is 27.8 Å². The topological polar surface area (TPSA) is 130 Å². The number of aliphatic carboxylic acids is 1. The van der Waals surface area contributed by atoms with E-state index in [0.29, 0.717) is 0 Å². The van der Waals surface area contributed by atoms with Gasteiger partial charge in [-0.2, -0.15) is 0 Å². The largest absolute Gasteiger partial charge is 0.481 e. The Morgan fingerprint density at radius 1 is 1.03 bits per heavy atom. The van der Waals surface area contributed by atoms with Gasteiger partial charge in [-0.15, -0.1) is 0 Å². The van der Waals surface area contributed by atoms with Gasteiger partial charge in [-0.3, -0.25) is 9.59 Å². The van der Waals surface area contributed by atoms with Gasteiger partial charge in [0.1, 0.15) is 6.61 Å². The first-order valence-corrected chi connectivity index (χ1v) is 12.8. The van der Waals surface area contributed by atoms with Gasteiger partial charge >= 0.3 is 12.1 Å². The molecular weight excluding hydrogens is 460 g/mol. The quantitative estimate of drug-likeness (QED) is 0.612. The standard InChI is InChI=1S/C24H26N2O7S/c27-22(26-11-12-34(31,32)16(14-26)13-23(28)29)9-10-25-24(30)33-15-21-19-7-3-1-5-17(19)18-6-2-4-8-20(18)21/h1-8,16,21H,9-15H2,(H,25,30)(H,28,29). The number of alkyl carbamates (subject to hydrolysis) is 1. The summed E-state index contributed by atoms with van der Waals surface area (Å²) in [5, 5.41) is 10.4. The Labute approximate surface area is 197 Å². The average molecular weight is 487 g/mol. The molecule has 2 N–H and O–H groups in total. The number of carbonyl (C=O) groups is 3. The number of nitrogens with one attached hydrogen (secondary N) is 1. The second-order valence-electron chi connectivity index (χ2n) is 8.43. The molecule has 10 heteroatoms. The second kappa shape index (κ2) is 9.84. The number of hydrogen-bond acceptors (Lipinski definition) is 6. The molecule has 1 aliphatic heterocycles. The molecule has 4 rings (SSSR count). The summed E-state index contributed by atoms with van der Waals surface area (Å²) < 4.78 is 29.5. The third-order valence-electron chi connectivity index (χ3n) is 6.28. The zero-order chi connectivity index (χ0) is 24.3. The number of carboxylic acid groups (broad SMARTS) is 1. The summed E-state index contributed by atoms with van der Waals surface area (Å²) in [5.41, 5.74) is 4.45. The monoisotopic (exact) mass is 486 g/mol. The molecule has 34 heavy (non-hydrogen) atoms. The number of carbonyl (C=O) groups excluding carboxylic acids is 2. The van der Waals surface area contributed by atoms with Crippen LogP contribution in [0.25, 0.3) is 11.1 Å². The minimum atomic E-state index is -3.54. The van der Waals surface area contributed by atoms with Crippen LogP contribution < -0.4 is 5.32 Å². The van der Waals surface area contributed by atoms with Gasteiger partial charge in [-0.05, 0) is 22.3 Å². The smallest absolute Gasteiger partial charge is 0.407 e. The predicted molar refractivity (Wildman–Crippen MR) is 124 cm³/mol. The summed E-state index contributed by atoms with van der Waals surface area (Å²) in [5.74, 6) is -1.90. The maximum absolute atomic E-state index is 12.5. The molecule has 0 saturated carbocycles. The highest BCUT2D eigenvalue weighted by molar-refractivity contribution is 7.92. The molecule has 2 aromatic rings. The number of nitrogens with zero attached hydrogens (tertiary/aromatic N) is 1. The number of carboxylic acids is 1. The van der Waals surface area contributed by atoms with Crippen molar-refractivity contribution in [3.63, 3.8) is 0 Å². The third-order valence-corrected chi connectivity index (χ3v) is 8.37. The van der Waals surface area contributed by atoms with Crippen LogP contribution in [0.2, 0.25) is 0 Å². The van der Waals surface area contributed by atoms with Crippen molar-refractivity contribution in [2.45, 2.75) is 24.0 Å². The molecule has 2 aliphatic rings. The van der Waals surface area contributed by atoms with Crippen LogP contribution in [-0.4, -0.2) is 73.6 Å². The van der Waals surface area contributed by atoms with E-state index in [2.05, 4.69) is 5.32 Å². The van der Waals surface area contributed by atoms with Crippen LogP contribution >= 0.6 is 0 Å². The lowest BCUT2D eigenvalue weighted by molar-refractivity contribution is -0.138. The van der Waals surface area contributed by atoms with Crippen molar-refractivity contribution in [3.8, 4) is 11.1 Å². The second-order valence-corrected chi connectivity index (χ2v) is 10.8. The molecule has 0 aromatic heterocycles. The van der Waals surface area contributed by atoms with E-state index in [1.54, 1.807) is 0 Å². The Morgan fingerprint density at radius 2 is 1.65 bits per heavy atom. The fourth-order valence-corrected chi connectivity index (χ4v) is 6.16. The fourth-order valence-electron chi connectivity index (χ4n) is 4.55. The normalized spacial score (nSPS) is 18.6. The zero-order valence-corrected chi connectivity index (χ0v) is 19.3. The van der Waals surface area contributed by atoms with Crippen molar-refractivity contribution in [2.24, 2.45) is 0 Å². The summed E-state index contributed by atoms with van der Waals surface area (Å²) in [6.45, 7) is 0.0532. The minimum absolute atomic E-state index is 0.0161. The van der Waals surface area contributed by atoms with Gasteiger partial charge in [-0.1, -0.05) is 48.5 Å². The van der Waals surface area contributed by atoms with E-state index in [4.69, 9.17) is 9.84 Å². The van der Waals surface area contributed by atoms with Gasteiger partial charge < -0.3 is 20.1 Å². The molecule has 0 radical (unpaired) electrons. The van der Waals surface area contributed by atoms with Crippen molar-refractivity contribution in [1.29, 1.82) is 0 Å². The Hall–Kier alpha value is -3.40. The van der Waals surface area contributed by atoms with Crippen LogP contribution in [0.3, 0.4) is 0 Å². The highest BCUT2D eigenvalue weighted by Crippen LogP contribution is 2.44. The van der Waals surface area contributed by atoms with E-state index in [1.165, 1.54) is 4.90 Å². The summed E-state index contributed by atoms with van der Waals surface area (Å²) in [6.07, 6.45) is -1.21. The van der Waals surface area contributed by atoms with Crippen LogP contribution in [0.15, 0.2) is 48.5 Å². The highest BCUT2D eigenvalue weighted by Gasteiger charge is 2.36. The van der Waals surface area contributed by atoms with E-state index in [-0.39, 0.29) is 50.2 Å². The van der Waals surface area contributed by atoms with Crippen molar-refractivity contribution in [3.05, 3.63) is 59.7 Å². The molecule has 9 nitrogen and oxygen atoms in total. The van der Waals surface area contributed by atoms with E-state index >= 15 is 0 Å². The molecule has 2 aromatic carbocycles. The van der Waals surface area contributed by atoms with Crippen LogP contribution in [-0.2, 0) is 24.2 Å². The highest BCUT2D eigenvalue weighted by atomic mass is 32.2. The molecule has 1 heterocycles. The van der Waals surface area contributed by atoms with Gasteiger partial charge in [-0.25, -0.2) is 13.2 Å². The summed E-state index contributed by atoms with van der Waals surface area (Å²) in [7, 11) is -3.54. The van der Waals surface area contributed by atoms with Crippen molar-refractivity contribution in [2.75, 3.05) is 32.0 Å². The predicted octanol–water partition coefficient (Wildman–Crippen LogP) is 2.02. The lowest BCUT2D eigenvalue weighted by Gasteiger charge is -2.32. The first-order chi connectivity index (χ1) is 16.3. The van der Waals surface area contributed by atoms with E-state index in [0.717, 1.165) is 22.3 Å². The Kier molecular flexibility index (Phi) is 6.87. The third kappa shape index (κ3) is 5.06. The molecule has 1 atom stereocenters. The van der Waals surface area contributed by atoms with Crippen molar-refractivity contribution < 1.29 is 32.6 Å². The maximum Gasteiger partial charge on any atom is 0.407 e.